The largest absolute Gasteiger partial charge is 0.468 e. The van der Waals surface area contributed by atoms with Crippen LogP contribution in [0.25, 0.3) is 0 Å². The molecule has 6 rings (SSSR count). The molecule has 4 aliphatic heterocycles. The first-order valence-corrected chi connectivity index (χ1v) is 9.75. The number of anilines is 1. The van der Waals surface area contributed by atoms with E-state index in [0.29, 0.717) is 6.42 Å². The molecule has 4 heterocycles. The van der Waals surface area contributed by atoms with Crippen molar-refractivity contribution < 1.29 is 19.4 Å². The van der Waals surface area contributed by atoms with Crippen molar-refractivity contribution in [2.45, 2.75) is 43.2 Å². The number of esters is 1. The Bertz CT molecular complexity index is 900. The number of carbonyl (C=O) groups is 1. The molecular formula is C21H24N2O4. The Kier molecular flexibility index (Phi) is 2.83. The summed E-state index contributed by atoms with van der Waals surface area (Å²) in [5.41, 5.74) is 0.919. The molecule has 5 aliphatic rings. The Hall–Kier alpha value is -1.89. The Morgan fingerprint density at radius 3 is 3.04 bits per heavy atom. The first-order valence-electron chi connectivity index (χ1n) is 9.75. The topological polar surface area (TPSA) is 71.0 Å². The van der Waals surface area contributed by atoms with Crippen molar-refractivity contribution >= 4 is 11.7 Å². The zero-order valence-corrected chi connectivity index (χ0v) is 15.6. The predicted molar refractivity (Wildman–Crippen MR) is 97.9 cm³/mol. The number of fused-ring (bicyclic) bond motifs is 4. The van der Waals surface area contributed by atoms with Gasteiger partial charge in [-0.1, -0.05) is 29.8 Å². The van der Waals surface area contributed by atoms with Crippen LogP contribution in [0.5, 0.6) is 0 Å². The van der Waals surface area contributed by atoms with Gasteiger partial charge in [-0.05, 0) is 25.0 Å². The highest BCUT2D eigenvalue weighted by Crippen LogP contribution is 2.76. The minimum absolute atomic E-state index is 0.0510. The summed E-state index contributed by atoms with van der Waals surface area (Å²) in [6, 6.07) is 8.34. The highest BCUT2D eigenvalue weighted by atomic mass is 16.6. The van der Waals surface area contributed by atoms with E-state index in [0.717, 1.165) is 24.2 Å². The van der Waals surface area contributed by atoms with Crippen LogP contribution in [-0.4, -0.2) is 54.2 Å². The number of nitrogens with zero attached hydrogens (tertiary/aromatic N) is 1. The maximum Gasteiger partial charge on any atom is 0.315 e. The van der Waals surface area contributed by atoms with Crippen LogP contribution in [0.4, 0.5) is 5.69 Å². The third kappa shape index (κ3) is 1.36. The van der Waals surface area contributed by atoms with E-state index in [4.69, 9.17) is 9.47 Å². The number of methoxy groups -OCH3 is 1. The van der Waals surface area contributed by atoms with Crippen molar-refractivity contribution in [1.82, 2.24) is 4.90 Å². The SMILES string of the molecule is CC=C1CN2[C@@H]3C[C@@]45c6ccccc6N[C@]4(O3)[C@@H]2C[C@@H]1[C@@]5(CO)C(=O)OC. The molecule has 27 heavy (non-hydrogen) atoms. The average Bonchev–Trinajstić information content (AvgIpc) is 3.30. The van der Waals surface area contributed by atoms with Gasteiger partial charge in [-0.3, -0.25) is 9.69 Å². The quantitative estimate of drug-likeness (QED) is 0.611. The van der Waals surface area contributed by atoms with Crippen LogP contribution < -0.4 is 5.32 Å². The van der Waals surface area contributed by atoms with Gasteiger partial charge in [-0.25, -0.2) is 0 Å². The Balaban J connectivity index is 1.73. The number of aliphatic hydroxyl groups is 1. The second-order valence-electron chi connectivity index (χ2n) is 8.55. The standard InChI is InChI=1S/C21H24N2O4/c1-3-12-10-23-16-8-14(12)19(11-24,18(25)26-2)20-9-17(23)27-21(16,20)22-15-7-5-4-6-13(15)20/h3-7,14,16-17,22,24H,8-11H2,1-2H3/t14-,16-,17-,19-,20-,21-/m0/s1. The fourth-order valence-electron chi connectivity index (χ4n) is 7.33. The molecule has 3 saturated heterocycles. The monoisotopic (exact) mass is 368 g/mol. The number of nitrogens with one attached hydrogen (secondary N) is 1. The fourth-order valence-corrected chi connectivity index (χ4v) is 7.33. The summed E-state index contributed by atoms with van der Waals surface area (Å²) in [6.07, 6.45) is 3.54. The molecule has 6 heteroatoms. The van der Waals surface area contributed by atoms with E-state index in [1.54, 1.807) is 0 Å². The molecule has 142 valence electrons. The van der Waals surface area contributed by atoms with Crippen LogP contribution in [0.2, 0.25) is 0 Å². The average molecular weight is 368 g/mol. The summed E-state index contributed by atoms with van der Waals surface area (Å²) < 4.78 is 12.0. The van der Waals surface area contributed by atoms with Gasteiger partial charge in [-0.15, -0.1) is 0 Å². The summed E-state index contributed by atoms with van der Waals surface area (Å²) in [5, 5.41) is 14.5. The Morgan fingerprint density at radius 2 is 2.30 bits per heavy atom. The van der Waals surface area contributed by atoms with Crippen LogP contribution in [0, 0.1) is 11.3 Å². The second kappa shape index (κ2) is 4.74. The molecule has 0 unspecified atom stereocenters. The van der Waals surface area contributed by atoms with E-state index in [2.05, 4.69) is 28.4 Å². The van der Waals surface area contributed by atoms with Gasteiger partial charge in [-0.2, -0.15) is 0 Å². The van der Waals surface area contributed by atoms with E-state index in [9.17, 15) is 9.90 Å². The lowest BCUT2D eigenvalue weighted by Crippen LogP contribution is -2.78. The summed E-state index contributed by atoms with van der Waals surface area (Å²) in [7, 11) is 1.43. The van der Waals surface area contributed by atoms with Crippen LogP contribution in [0.3, 0.4) is 0 Å². The van der Waals surface area contributed by atoms with E-state index < -0.39 is 16.6 Å². The smallest absolute Gasteiger partial charge is 0.315 e. The lowest BCUT2D eigenvalue weighted by molar-refractivity contribution is -0.191. The number of rotatable bonds is 2. The molecule has 1 saturated carbocycles. The number of ether oxygens (including phenoxy) is 2. The van der Waals surface area contributed by atoms with Crippen LogP contribution in [-0.2, 0) is 19.7 Å². The number of para-hydroxylation sites is 1. The summed E-state index contributed by atoms with van der Waals surface area (Å²) >= 11 is 0. The maximum atomic E-state index is 13.5. The molecule has 4 bridgehead atoms. The van der Waals surface area contributed by atoms with Gasteiger partial charge in [0.25, 0.3) is 0 Å². The molecule has 1 aromatic rings. The molecule has 1 spiro atoms. The lowest BCUT2D eigenvalue weighted by Gasteiger charge is -2.64. The van der Waals surface area contributed by atoms with E-state index in [1.165, 1.54) is 12.7 Å². The van der Waals surface area contributed by atoms with E-state index >= 15 is 0 Å². The van der Waals surface area contributed by atoms with E-state index in [-0.39, 0.29) is 30.8 Å². The van der Waals surface area contributed by atoms with Crippen molar-refractivity contribution in [3.05, 3.63) is 41.5 Å². The lowest BCUT2D eigenvalue weighted by atomic mass is 9.42. The summed E-state index contributed by atoms with van der Waals surface area (Å²) in [5.74, 6) is -0.375. The highest BCUT2D eigenvalue weighted by molar-refractivity contribution is 5.85. The van der Waals surface area contributed by atoms with Gasteiger partial charge < -0.3 is 19.9 Å². The summed E-state index contributed by atoms with van der Waals surface area (Å²) in [6.45, 7) is 2.56. The van der Waals surface area contributed by atoms with Crippen molar-refractivity contribution in [2.24, 2.45) is 11.3 Å². The van der Waals surface area contributed by atoms with Gasteiger partial charge in [0.2, 0.25) is 0 Å². The van der Waals surface area contributed by atoms with Crippen molar-refractivity contribution in [2.75, 3.05) is 25.6 Å². The van der Waals surface area contributed by atoms with Crippen molar-refractivity contribution in [3.63, 3.8) is 0 Å². The highest BCUT2D eigenvalue weighted by Gasteiger charge is 2.87. The van der Waals surface area contributed by atoms with E-state index in [1.807, 2.05) is 19.1 Å². The number of allylic oxidation sites excluding steroid dienone is 1. The molecule has 6 atom stereocenters. The van der Waals surface area contributed by atoms with Crippen LogP contribution >= 0.6 is 0 Å². The zero-order valence-electron chi connectivity index (χ0n) is 15.6. The molecule has 1 aromatic carbocycles. The second-order valence-corrected chi connectivity index (χ2v) is 8.55. The maximum absolute atomic E-state index is 13.5. The first-order chi connectivity index (χ1) is 13.1. The third-order valence-corrected chi connectivity index (χ3v) is 8.18. The van der Waals surface area contributed by atoms with Crippen molar-refractivity contribution in [3.8, 4) is 0 Å². The van der Waals surface area contributed by atoms with Crippen LogP contribution in [0.15, 0.2) is 35.9 Å². The number of aliphatic hydroxyl groups excluding tert-OH is 1. The minimum Gasteiger partial charge on any atom is -0.468 e. The normalized spacial score (nSPS) is 47.1. The fraction of sp³-hybridized carbons (Fsp3) is 0.571. The molecule has 0 radical (unpaired) electrons. The number of hydrogen-bond donors (Lipinski definition) is 2. The molecule has 0 amide bonds. The molecule has 1 aliphatic carbocycles. The Labute approximate surface area is 158 Å². The molecule has 4 fully saturated rings. The van der Waals surface area contributed by atoms with Gasteiger partial charge in [0.1, 0.15) is 11.6 Å². The molecular weight excluding hydrogens is 344 g/mol. The van der Waals surface area contributed by atoms with Gasteiger partial charge in [0, 0.05) is 24.6 Å². The number of hydrogen-bond acceptors (Lipinski definition) is 6. The van der Waals surface area contributed by atoms with Crippen LogP contribution in [0.1, 0.15) is 25.3 Å². The van der Waals surface area contributed by atoms with Gasteiger partial charge in [0.15, 0.2) is 5.72 Å². The van der Waals surface area contributed by atoms with Gasteiger partial charge >= 0.3 is 5.97 Å². The predicted octanol–water partition coefficient (Wildman–Crippen LogP) is 1.61. The third-order valence-electron chi connectivity index (χ3n) is 8.18. The number of benzene rings is 1. The van der Waals surface area contributed by atoms with Gasteiger partial charge in [0.05, 0.1) is 25.2 Å². The summed E-state index contributed by atoms with van der Waals surface area (Å²) in [4.78, 5) is 15.9. The molecule has 6 nitrogen and oxygen atoms in total. The minimum atomic E-state index is -1.05. The molecule has 0 aromatic heterocycles. The number of piperidine rings is 2. The number of carbonyl (C=O) groups excluding carboxylic acids is 1. The zero-order chi connectivity index (χ0) is 18.6. The first kappa shape index (κ1) is 16.1. The van der Waals surface area contributed by atoms with Crippen molar-refractivity contribution in [1.29, 1.82) is 0 Å². The molecule has 2 N–H and O–H groups in total. The Morgan fingerprint density at radius 1 is 1.48 bits per heavy atom.